The summed E-state index contributed by atoms with van der Waals surface area (Å²) in [5.74, 6) is -0.891. The van der Waals surface area contributed by atoms with E-state index in [0.717, 1.165) is 5.56 Å². The van der Waals surface area contributed by atoms with Gasteiger partial charge in [-0.05, 0) is 72.6 Å². The van der Waals surface area contributed by atoms with Crippen molar-refractivity contribution >= 4 is 46.9 Å². The molecule has 3 amide bonds. The maximum atomic E-state index is 12.3. The van der Waals surface area contributed by atoms with E-state index in [0.29, 0.717) is 39.2 Å². The van der Waals surface area contributed by atoms with E-state index in [1.165, 1.54) is 20.4 Å². The second kappa shape index (κ2) is 12.9. The van der Waals surface area contributed by atoms with Crippen LogP contribution in [0, 0.1) is 6.92 Å². The highest BCUT2D eigenvalue weighted by molar-refractivity contribution is 6.39. The smallest absolute Gasteiger partial charge is 0.329 e. The average molecular weight is 525 g/mol. The van der Waals surface area contributed by atoms with Gasteiger partial charge in [-0.15, -0.1) is 0 Å². The van der Waals surface area contributed by atoms with Crippen LogP contribution in [-0.2, 0) is 14.4 Å². The molecule has 0 saturated carbocycles. The third kappa shape index (κ3) is 7.71. The minimum absolute atomic E-state index is 0.255. The highest BCUT2D eigenvalue weighted by atomic mass is 35.5. The molecular formula is C26H25ClN4O6. The van der Waals surface area contributed by atoms with Crippen molar-refractivity contribution in [2.24, 2.45) is 5.10 Å². The van der Waals surface area contributed by atoms with Gasteiger partial charge in [0.2, 0.25) is 0 Å². The summed E-state index contributed by atoms with van der Waals surface area (Å²) in [6.07, 6.45) is 1.33. The van der Waals surface area contributed by atoms with Gasteiger partial charge in [-0.2, -0.15) is 5.10 Å². The molecular weight excluding hydrogens is 500 g/mol. The molecule has 0 aliphatic rings. The summed E-state index contributed by atoms with van der Waals surface area (Å²) in [5, 5.41) is 9.55. The van der Waals surface area contributed by atoms with Gasteiger partial charge in [-0.25, -0.2) is 5.43 Å². The highest BCUT2D eigenvalue weighted by Crippen LogP contribution is 2.28. The van der Waals surface area contributed by atoms with Gasteiger partial charge in [0.15, 0.2) is 18.1 Å². The van der Waals surface area contributed by atoms with Crippen molar-refractivity contribution in [3.05, 3.63) is 76.8 Å². The summed E-state index contributed by atoms with van der Waals surface area (Å²) >= 11 is 6.08. The van der Waals surface area contributed by atoms with Crippen LogP contribution in [-0.4, -0.2) is 44.8 Å². The first-order chi connectivity index (χ1) is 17.8. The standard InChI is InChI=1S/C26H25ClN4O6/c1-16-20(27)5-4-6-21(16)30-24(32)15-37-22-12-7-17(13-23(22)36-3)14-28-31-26(34)25(33)29-18-8-10-19(35-2)11-9-18/h4-14H,15H2,1-3H3,(H,29,33)(H,30,32)(H,31,34)/b28-14-. The number of halogens is 1. The van der Waals surface area contributed by atoms with Gasteiger partial charge in [0.25, 0.3) is 5.91 Å². The van der Waals surface area contributed by atoms with Crippen LogP contribution in [0.25, 0.3) is 0 Å². The summed E-state index contributed by atoms with van der Waals surface area (Å²) in [6.45, 7) is 1.55. The van der Waals surface area contributed by atoms with Gasteiger partial charge in [0.05, 0.1) is 20.4 Å². The number of hydrogen-bond donors (Lipinski definition) is 3. The summed E-state index contributed by atoms with van der Waals surface area (Å²) in [7, 11) is 2.97. The van der Waals surface area contributed by atoms with E-state index in [1.54, 1.807) is 67.6 Å². The number of nitrogens with one attached hydrogen (secondary N) is 3. The van der Waals surface area contributed by atoms with Crippen LogP contribution in [0.3, 0.4) is 0 Å². The van der Waals surface area contributed by atoms with E-state index in [-0.39, 0.29) is 12.5 Å². The molecule has 0 heterocycles. The van der Waals surface area contributed by atoms with Gasteiger partial charge < -0.3 is 24.8 Å². The maximum Gasteiger partial charge on any atom is 0.329 e. The van der Waals surface area contributed by atoms with Crippen molar-refractivity contribution in [3.8, 4) is 17.2 Å². The van der Waals surface area contributed by atoms with E-state index in [1.807, 2.05) is 0 Å². The van der Waals surface area contributed by atoms with Crippen LogP contribution in [0.1, 0.15) is 11.1 Å². The number of carbonyl (C=O) groups is 3. The zero-order valence-electron chi connectivity index (χ0n) is 20.3. The lowest BCUT2D eigenvalue weighted by molar-refractivity contribution is -0.136. The maximum absolute atomic E-state index is 12.3. The number of hydrazone groups is 1. The number of methoxy groups -OCH3 is 2. The summed E-state index contributed by atoms with van der Waals surface area (Å²) in [6, 6.07) is 16.6. The van der Waals surface area contributed by atoms with Crippen molar-refractivity contribution in [2.75, 3.05) is 31.5 Å². The molecule has 0 unspecified atom stereocenters. The molecule has 0 spiro atoms. The fourth-order valence-corrected chi connectivity index (χ4v) is 3.21. The molecule has 11 heteroatoms. The van der Waals surface area contributed by atoms with Crippen molar-refractivity contribution < 1.29 is 28.6 Å². The van der Waals surface area contributed by atoms with Crippen LogP contribution >= 0.6 is 11.6 Å². The number of hydrogen-bond acceptors (Lipinski definition) is 7. The molecule has 3 rings (SSSR count). The fourth-order valence-electron chi connectivity index (χ4n) is 3.03. The van der Waals surface area contributed by atoms with Gasteiger partial charge in [0, 0.05) is 16.4 Å². The Hall–Kier alpha value is -4.57. The topological polar surface area (TPSA) is 127 Å². The van der Waals surface area contributed by atoms with Crippen LogP contribution in [0.5, 0.6) is 17.2 Å². The Kier molecular flexibility index (Phi) is 9.45. The van der Waals surface area contributed by atoms with Gasteiger partial charge >= 0.3 is 11.8 Å². The van der Waals surface area contributed by atoms with Crippen molar-refractivity contribution in [2.45, 2.75) is 6.92 Å². The molecule has 0 fully saturated rings. The largest absolute Gasteiger partial charge is 0.497 e. The molecule has 3 N–H and O–H groups in total. The Morgan fingerprint density at radius 1 is 0.919 bits per heavy atom. The van der Waals surface area contributed by atoms with Crippen molar-refractivity contribution in [1.82, 2.24) is 5.43 Å². The number of rotatable bonds is 9. The van der Waals surface area contributed by atoms with Crippen LogP contribution in [0.4, 0.5) is 11.4 Å². The fraction of sp³-hybridized carbons (Fsp3) is 0.154. The first-order valence-electron chi connectivity index (χ1n) is 10.9. The second-order valence-electron chi connectivity index (χ2n) is 7.54. The Morgan fingerprint density at radius 2 is 1.68 bits per heavy atom. The Morgan fingerprint density at radius 3 is 2.38 bits per heavy atom. The average Bonchev–Trinajstić information content (AvgIpc) is 2.90. The molecule has 0 radical (unpaired) electrons. The first kappa shape index (κ1) is 27.0. The Bertz CT molecular complexity index is 1310. The van der Waals surface area contributed by atoms with Gasteiger partial charge in [0.1, 0.15) is 5.75 Å². The number of ether oxygens (including phenoxy) is 3. The number of amides is 3. The van der Waals surface area contributed by atoms with Crippen LogP contribution in [0.15, 0.2) is 65.8 Å². The summed E-state index contributed by atoms with van der Waals surface area (Å²) in [5.41, 5.74) is 4.49. The molecule has 0 aliphatic heterocycles. The van der Waals surface area contributed by atoms with Crippen LogP contribution < -0.4 is 30.3 Å². The van der Waals surface area contributed by atoms with Crippen molar-refractivity contribution in [3.63, 3.8) is 0 Å². The minimum atomic E-state index is -0.945. The Balaban J connectivity index is 1.53. The quantitative estimate of drug-likeness (QED) is 0.222. The van der Waals surface area contributed by atoms with E-state index >= 15 is 0 Å². The molecule has 0 aromatic heterocycles. The summed E-state index contributed by atoms with van der Waals surface area (Å²) < 4.78 is 16.0. The molecule has 0 aliphatic carbocycles. The van der Waals surface area contributed by atoms with Gasteiger partial charge in [-0.1, -0.05) is 17.7 Å². The molecule has 0 bridgehead atoms. The number of nitrogens with zero attached hydrogens (tertiary/aromatic N) is 1. The molecule has 0 saturated heterocycles. The third-order valence-electron chi connectivity index (χ3n) is 5.02. The molecule has 37 heavy (non-hydrogen) atoms. The molecule has 10 nitrogen and oxygen atoms in total. The summed E-state index contributed by atoms with van der Waals surface area (Å²) in [4.78, 5) is 36.3. The molecule has 3 aromatic rings. The zero-order valence-corrected chi connectivity index (χ0v) is 21.1. The molecule has 3 aromatic carbocycles. The second-order valence-corrected chi connectivity index (χ2v) is 7.95. The lowest BCUT2D eigenvalue weighted by atomic mass is 10.2. The lowest BCUT2D eigenvalue weighted by Crippen LogP contribution is -2.32. The first-order valence-corrected chi connectivity index (χ1v) is 11.3. The highest BCUT2D eigenvalue weighted by Gasteiger charge is 2.13. The number of carbonyl (C=O) groups excluding carboxylic acids is 3. The van der Waals surface area contributed by atoms with Gasteiger partial charge in [-0.3, -0.25) is 14.4 Å². The Labute approximate surface area is 218 Å². The van der Waals surface area contributed by atoms with Crippen LogP contribution in [0.2, 0.25) is 5.02 Å². The zero-order chi connectivity index (χ0) is 26.8. The normalized spacial score (nSPS) is 10.5. The van der Waals surface area contributed by atoms with E-state index in [9.17, 15) is 14.4 Å². The number of benzene rings is 3. The molecule has 0 atom stereocenters. The minimum Gasteiger partial charge on any atom is -0.497 e. The SMILES string of the molecule is COc1ccc(NC(=O)C(=O)N/N=C\c2ccc(OCC(=O)Nc3cccc(Cl)c3C)c(OC)c2)cc1. The lowest BCUT2D eigenvalue weighted by Gasteiger charge is -2.12. The molecule has 192 valence electrons. The van der Waals surface area contributed by atoms with E-state index in [4.69, 9.17) is 25.8 Å². The number of anilines is 2. The monoisotopic (exact) mass is 524 g/mol. The predicted octanol–water partition coefficient (Wildman–Crippen LogP) is 3.77. The van der Waals surface area contributed by atoms with E-state index < -0.39 is 11.8 Å². The van der Waals surface area contributed by atoms with Crippen molar-refractivity contribution in [1.29, 1.82) is 0 Å². The third-order valence-corrected chi connectivity index (χ3v) is 5.43. The van der Waals surface area contributed by atoms with E-state index in [2.05, 4.69) is 21.2 Å². The predicted molar refractivity (Wildman–Crippen MR) is 141 cm³/mol.